The third-order valence-corrected chi connectivity index (χ3v) is 6.74. The third kappa shape index (κ3) is 5.32. The Morgan fingerprint density at radius 2 is 2.24 bits per heavy atom. The highest BCUT2D eigenvalue weighted by atomic mass is 35.5. The number of hydrogen-bond donors (Lipinski definition) is 2. The summed E-state index contributed by atoms with van der Waals surface area (Å²) in [5, 5.41) is 15.4. The molecule has 1 aliphatic rings. The van der Waals surface area contributed by atoms with Crippen molar-refractivity contribution in [1.82, 2.24) is 9.88 Å². The van der Waals surface area contributed by atoms with Crippen LogP contribution in [0, 0.1) is 0 Å². The molecule has 0 aliphatic carbocycles. The number of ether oxygens (including phenoxy) is 1. The molecule has 1 fully saturated rings. The van der Waals surface area contributed by atoms with Gasteiger partial charge in [0, 0.05) is 37.1 Å². The van der Waals surface area contributed by atoms with E-state index in [-0.39, 0.29) is 12.4 Å². The number of carboxylic acid groups (broad SMARTS) is 1. The molecule has 3 heterocycles. The van der Waals surface area contributed by atoms with E-state index < -0.39 is 5.97 Å². The van der Waals surface area contributed by atoms with E-state index in [0.29, 0.717) is 4.88 Å². The summed E-state index contributed by atoms with van der Waals surface area (Å²) in [6, 6.07) is 1.71. The lowest BCUT2D eigenvalue weighted by molar-refractivity contribution is 0.0398. The number of thiophene rings is 1. The average molecular weight is 422 g/mol. The van der Waals surface area contributed by atoms with E-state index in [9.17, 15) is 4.79 Å². The van der Waals surface area contributed by atoms with Gasteiger partial charge in [-0.15, -0.1) is 46.8 Å². The molecule has 1 saturated heterocycles. The third-order valence-electron chi connectivity index (χ3n) is 3.68. The van der Waals surface area contributed by atoms with Crippen LogP contribution < -0.4 is 5.32 Å². The number of anilines is 1. The van der Waals surface area contributed by atoms with Gasteiger partial charge in [0.25, 0.3) is 0 Å². The number of halogens is 1. The number of aromatic carboxylic acids is 1. The number of rotatable bonds is 7. The molecule has 6 nitrogen and oxygen atoms in total. The number of nitrogens with one attached hydrogen (secondary N) is 1. The Balaban J connectivity index is 0.00000225. The summed E-state index contributed by atoms with van der Waals surface area (Å²) in [5.74, 6) is -0.888. The van der Waals surface area contributed by atoms with Crippen molar-refractivity contribution in [2.45, 2.75) is 4.21 Å². The van der Waals surface area contributed by atoms with Gasteiger partial charge in [0.05, 0.1) is 23.1 Å². The maximum atomic E-state index is 11.2. The van der Waals surface area contributed by atoms with E-state index >= 15 is 0 Å². The van der Waals surface area contributed by atoms with Crippen molar-refractivity contribution < 1.29 is 14.6 Å². The number of carbonyl (C=O) groups is 1. The Morgan fingerprint density at radius 1 is 1.48 bits per heavy atom. The van der Waals surface area contributed by atoms with Gasteiger partial charge >= 0.3 is 5.97 Å². The smallest absolute Gasteiger partial charge is 0.345 e. The highest BCUT2D eigenvalue weighted by molar-refractivity contribution is 8.00. The molecule has 3 rings (SSSR count). The summed E-state index contributed by atoms with van der Waals surface area (Å²) in [4.78, 5) is 18.5. The Bertz CT molecular complexity index is 701. The summed E-state index contributed by atoms with van der Waals surface area (Å²) in [6.07, 6.45) is 1.95. The zero-order valence-electron chi connectivity index (χ0n) is 13.7. The van der Waals surface area contributed by atoms with Crippen LogP contribution in [0.1, 0.15) is 9.67 Å². The monoisotopic (exact) mass is 421 g/mol. The summed E-state index contributed by atoms with van der Waals surface area (Å²) in [5.41, 5.74) is 1.74. The largest absolute Gasteiger partial charge is 0.477 e. The zero-order valence-corrected chi connectivity index (χ0v) is 17.0. The summed E-state index contributed by atoms with van der Waals surface area (Å²) >= 11 is 4.40. The van der Waals surface area contributed by atoms with E-state index in [4.69, 9.17) is 9.84 Å². The van der Waals surface area contributed by atoms with Crippen LogP contribution >= 0.6 is 46.8 Å². The maximum absolute atomic E-state index is 11.2. The summed E-state index contributed by atoms with van der Waals surface area (Å²) in [6.45, 7) is 5.39. The Hall–Kier alpha value is -0.840. The van der Waals surface area contributed by atoms with Crippen LogP contribution in [0.3, 0.4) is 0 Å². The number of thiazole rings is 1. The fourth-order valence-electron chi connectivity index (χ4n) is 2.43. The fourth-order valence-corrected chi connectivity index (χ4v) is 4.90. The Kier molecular flexibility index (Phi) is 7.98. The van der Waals surface area contributed by atoms with Crippen LogP contribution in [0.4, 0.5) is 5.13 Å². The van der Waals surface area contributed by atoms with E-state index in [2.05, 4.69) is 15.2 Å². The molecule has 0 atom stereocenters. The summed E-state index contributed by atoms with van der Waals surface area (Å²) < 4.78 is 6.33. The van der Waals surface area contributed by atoms with Gasteiger partial charge in [0.2, 0.25) is 0 Å². The molecule has 10 heteroatoms. The number of morpholine rings is 1. The quantitative estimate of drug-likeness (QED) is 0.663. The Labute approximate surface area is 165 Å². The minimum Gasteiger partial charge on any atom is -0.477 e. The maximum Gasteiger partial charge on any atom is 0.345 e. The van der Waals surface area contributed by atoms with E-state index in [1.54, 1.807) is 29.2 Å². The molecule has 0 amide bonds. The first-order valence-electron chi connectivity index (χ1n) is 7.58. The van der Waals surface area contributed by atoms with Gasteiger partial charge in [0.1, 0.15) is 4.88 Å². The van der Waals surface area contributed by atoms with Crippen molar-refractivity contribution in [1.29, 1.82) is 0 Å². The molecule has 0 aromatic carbocycles. The van der Waals surface area contributed by atoms with Gasteiger partial charge in [-0.05, 0) is 12.3 Å². The second-order valence-corrected chi connectivity index (χ2v) is 8.22. The molecule has 0 bridgehead atoms. The van der Waals surface area contributed by atoms with Gasteiger partial charge in [-0.25, -0.2) is 9.78 Å². The highest BCUT2D eigenvalue weighted by Gasteiger charge is 2.17. The molecule has 2 aromatic rings. The van der Waals surface area contributed by atoms with Crippen LogP contribution in [-0.2, 0) is 4.74 Å². The summed E-state index contributed by atoms with van der Waals surface area (Å²) in [7, 11) is 0. The van der Waals surface area contributed by atoms with Crippen LogP contribution in [0.5, 0.6) is 0 Å². The van der Waals surface area contributed by atoms with Crippen LogP contribution in [0.2, 0.25) is 0 Å². The lowest BCUT2D eigenvalue weighted by atomic mass is 10.2. The van der Waals surface area contributed by atoms with Crippen LogP contribution in [0.25, 0.3) is 11.3 Å². The van der Waals surface area contributed by atoms with Crippen LogP contribution in [-0.4, -0.2) is 66.6 Å². The number of nitrogens with zero attached hydrogens (tertiary/aromatic N) is 2. The van der Waals surface area contributed by atoms with E-state index in [1.807, 2.05) is 11.6 Å². The lowest BCUT2D eigenvalue weighted by Gasteiger charge is -2.26. The molecule has 2 aromatic heterocycles. The highest BCUT2D eigenvalue weighted by Crippen LogP contribution is 2.38. The first-order chi connectivity index (χ1) is 11.7. The van der Waals surface area contributed by atoms with Crippen molar-refractivity contribution in [3.05, 3.63) is 16.3 Å². The van der Waals surface area contributed by atoms with Gasteiger partial charge in [0.15, 0.2) is 5.13 Å². The SMILES string of the molecule is CSc1sc(C(=O)O)cc1-c1csc(NCCN2CCOCC2)n1.Cl. The zero-order chi connectivity index (χ0) is 16.9. The molecule has 2 N–H and O–H groups in total. The first kappa shape index (κ1) is 20.5. The van der Waals surface area contributed by atoms with E-state index in [1.165, 1.54) is 11.3 Å². The topological polar surface area (TPSA) is 74.7 Å². The number of aromatic nitrogens is 1. The number of thioether (sulfide) groups is 1. The first-order valence-corrected chi connectivity index (χ1v) is 10.5. The molecule has 25 heavy (non-hydrogen) atoms. The number of carboxylic acids is 1. The van der Waals surface area contributed by atoms with Gasteiger partial charge in [-0.2, -0.15) is 0 Å². The van der Waals surface area contributed by atoms with Crippen molar-refractivity contribution in [2.24, 2.45) is 0 Å². The second kappa shape index (κ2) is 9.75. The fraction of sp³-hybridized carbons (Fsp3) is 0.467. The van der Waals surface area contributed by atoms with Crippen molar-refractivity contribution >= 4 is 57.9 Å². The molecule has 0 unspecified atom stereocenters. The Morgan fingerprint density at radius 3 is 2.92 bits per heavy atom. The van der Waals surface area contributed by atoms with Gasteiger partial charge in [-0.1, -0.05) is 0 Å². The van der Waals surface area contributed by atoms with Crippen LogP contribution in [0.15, 0.2) is 15.7 Å². The minimum absolute atomic E-state index is 0. The van der Waals surface area contributed by atoms with Crippen molar-refractivity contribution in [3.8, 4) is 11.3 Å². The van der Waals surface area contributed by atoms with Gasteiger partial charge in [-0.3, -0.25) is 4.90 Å². The van der Waals surface area contributed by atoms with Gasteiger partial charge < -0.3 is 15.2 Å². The lowest BCUT2D eigenvalue weighted by Crippen LogP contribution is -2.38. The normalized spacial score (nSPS) is 14.9. The molecule has 0 radical (unpaired) electrons. The standard InChI is InChI=1S/C15H19N3O3S3.ClH/c1-22-14-10(8-12(24-14)13(19)20)11-9-23-15(17-11)16-2-3-18-4-6-21-7-5-18;/h8-9H,2-7H2,1H3,(H,16,17)(H,19,20);1H. The van der Waals surface area contributed by atoms with Crippen molar-refractivity contribution in [3.63, 3.8) is 0 Å². The molecular formula is C15H20ClN3O3S3. The predicted octanol–water partition coefficient (Wildman–Crippen LogP) is 3.46. The molecular weight excluding hydrogens is 402 g/mol. The van der Waals surface area contributed by atoms with E-state index in [0.717, 1.165) is 60.0 Å². The molecule has 1 aliphatic heterocycles. The predicted molar refractivity (Wildman–Crippen MR) is 107 cm³/mol. The minimum atomic E-state index is -0.888. The van der Waals surface area contributed by atoms with Crippen molar-refractivity contribution in [2.75, 3.05) is 51.0 Å². The molecule has 138 valence electrons. The molecule has 0 spiro atoms. The number of hydrogen-bond acceptors (Lipinski definition) is 8. The molecule has 0 saturated carbocycles. The second-order valence-electron chi connectivity index (χ2n) is 5.24. The average Bonchev–Trinajstić information content (AvgIpc) is 3.22.